The summed E-state index contributed by atoms with van der Waals surface area (Å²) < 4.78 is 25.3. The predicted molar refractivity (Wildman–Crippen MR) is 123 cm³/mol. The number of hydrogen-bond donors (Lipinski definition) is 0. The Hall–Kier alpha value is -2.50. The third-order valence-electron chi connectivity index (χ3n) is 6.20. The Morgan fingerprint density at radius 2 is 1.12 bits per heavy atom. The van der Waals surface area contributed by atoms with Crippen molar-refractivity contribution in [1.82, 2.24) is 0 Å². The molecule has 0 amide bonds. The van der Waals surface area contributed by atoms with E-state index < -0.39 is 0 Å². The molecule has 2 fully saturated rings. The van der Waals surface area contributed by atoms with E-state index in [1.807, 2.05) is 54.6 Å². The second-order valence-electron chi connectivity index (χ2n) is 8.64. The molecule has 2 aliphatic rings. The first-order chi connectivity index (χ1) is 15.9. The van der Waals surface area contributed by atoms with Crippen molar-refractivity contribution in [2.75, 3.05) is 6.61 Å². The largest absolute Gasteiger partial charge is 0.374 e. The lowest BCUT2D eigenvalue weighted by Crippen LogP contribution is -2.50. The Morgan fingerprint density at radius 3 is 1.69 bits per heavy atom. The van der Waals surface area contributed by atoms with Gasteiger partial charge >= 0.3 is 0 Å². The van der Waals surface area contributed by atoms with Crippen molar-refractivity contribution in [1.29, 1.82) is 0 Å². The van der Waals surface area contributed by atoms with Crippen molar-refractivity contribution < 1.29 is 18.9 Å². The standard InChI is InChI=1S/C28H30O4/c1-4-10-21(11-5-1)17-29-20-26-28(31-19-23-14-8-3-9-15-23)27(24-16-25(24)32-26)30-18-22-12-6-2-7-13-22/h1-15,24-28H,16-20H2/t24-,25+,26+,27+,28+/m0/s1. The molecule has 0 aromatic heterocycles. The first-order valence-electron chi connectivity index (χ1n) is 11.4. The van der Waals surface area contributed by atoms with E-state index in [9.17, 15) is 0 Å². The average molecular weight is 431 g/mol. The minimum absolute atomic E-state index is 0.00277. The molecule has 4 heteroatoms. The molecule has 3 aromatic rings. The number of ether oxygens (including phenoxy) is 4. The normalized spacial score (nSPS) is 26.4. The molecule has 0 radical (unpaired) electrons. The Morgan fingerprint density at radius 1 is 0.625 bits per heavy atom. The molecular formula is C28H30O4. The van der Waals surface area contributed by atoms with Gasteiger partial charge in [-0.25, -0.2) is 0 Å². The second-order valence-corrected chi connectivity index (χ2v) is 8.64. The van der Waals surface area contributed by atoms with Crippen LogP contribution in [-0.2, 0) is 38.8 Å². The Labute approximate surface area is 190 Å². The van der Waals surface area contributed by atoms with Gasteiger partial charge in [0, 0.05) is 5.92 Å². The van der Waals surface area contributed by atoms with Crippen molar-refractivity contribution in [2.24, 2.45) is 5.92 Å². The maximum absolute atomic E-state index is 6.46. The maximum Gasteiger partial charge on any atom is 0.113 e. The first-order valence-corrected chi connectivity index (χ1v) is 11.4. The van der Waals surface area contributed by atoms with Gasteiger partial charge in [0.1, 0.15) is 12.2 Å². The van der Waals surface area contributed by atoms with E-state index in [2.05, 4.69) is 36.4 Å². The molecule has 0 bridgehead atoms. The van der Waals surface area contributed by atoms with Gasteiger partial charge in [-0.15, -0.1) is 0 Å². The van der Waals surface area contributed by atoms with Crippen LogP contribution in [0, 0.1) is 5.92 Å². The summed E-state index contributed by atoms with van der Waals surface area (Å²) in [6.07, 6.45) is 0.964. The number of fused-ring (bicyclic) bond motifs is 1. The fourth-order valence-electron chi connectivity index (χ4n) is 4.40. The highest BCUT2D eigenvalue weighted by molar-refractivity contribution is 5.16. The summed E-state index contributed by atoms with van der Waals surface area (Å²) in [5, 5.41) is 0. The fourth-order valence-corrected chi connectivity index (χ4v) is 4.40. The summed E-state index contributed by atoms with van der Waals surface area (Å²) in [4.78, 5) is 0. The number of benzene rings is 3. The van der Waals surface area contributed by atoms with Gasteiger partial charge in [-0.05, 0) is 23.1 Å². The minimum Gasteiger partial charge on any atom is -0.374 e. The molecule has 0 spiro atoms. The highest BCUT2D eigenvalue weighted by Gasteiger charge is 2.56. The van der Waals surface area contributed by atoms with Crippen LogP contribution in [0.4, 0.5) is 0 Å². The molecule has 1 saturated carbocycles. The average Bonchev–Trinajstić information content (AvgIpc) is 3.63. The van der Waals surface area contributed by atoms with Gasteiger partial charge in [0.15, 0.2) is 0 Å². The molecule has 1 saturated heterocycles. The van der Waals surface area contributed by atoms with E-state index >= 15 is 0 Å². The van der Waals surface area contributed by atoms with Crippen molar-refractivity contribution in [2.45, 2.75) is 50.7 Å². The highest BCUT2D eigenvalue weighted by Crippen LogP contribution is 2.46. The van der Waals surface area contributed by atoms with Crippen LogP contribution in [0.2, 0.25) is 0 Å². The molecule has 5 rings (SSSR count). The predicted octanol–water partition coefficient (Wildman–Crippen LogP) is 5.16. The molecule has 0 unspecified atom stereocenters. The third kappa shape index (κ3) is 5.45. The Bertz CT molecular complexity index is 947. The summed E-state index contributed by atoms with van der Waals surface area (Å²) >= 11 is 0. The van der Waals surface area contributed by atoms with E-state index in [0.717, 1.165) is 17.5 Å². The molecule has 3 aromatic carbocycles. The van der Waals surface area contributed by atoms with Gasteiger partial charge in [-0.1, -0.05) is 91.0 Å². The molecule has 4 nitrogen and oxygen atoms in total. The van der Waals surface area contributed by atoms with Crippen LogP contribution >= 0.6 is 0 Å². The van der Waals surface area contributed by atoms with E-state index in [0.29, 0.717) is 32.3 Å². The first kappa shape index (κ1) is 21.4. The molecule has 1 aliphatic carbocycles. The topological polar surface area (TPSA) is 36.9 Å². The fraction of sp³-hybridized carbons (Fsp3) is 0.357. The quantitative estimate of drug-likeness (QED) is 0.445. The van der Waals surface area contributed by atoms with Gasteiger partial charge < -0.3 is 18.9 Å². The molecule has 1 aliphatic heterocycles. The van der Waals surface area contributed by atoms with Crippen LogP contribution in [-0.4, -0.2) is 31.0 Å². The van der Waals surface area contributed by atoms with E-state index in [4.69, 9.17) is 18.9 Å². The molecule has 32 heavy (non-hydrogen) atoms. The zero-order valence-electron chi connectivity index (χ0n) is 18.2. The van der Waals surface area contributed by atoms with Gasteiger partial charge in [0.05, 0.1) is 38.6 Å². The summed E-state index contributed by atoms with van der Waals surface area (Å²) in [6.45, 7) is 2.17. The summed E-state index contributed by atoms with van der Waals surface area (Å²) in [6, 6.07) is 30.8. The zero-order chi connectivity index (χ0) is 21.6. The van der Waals surface area contributed by atoms with Crippen LogP contribution in [0.5, 0.6) is 0 Å². The molecule has 166 valence electrons. The lowest BCUT2D eigenvalue weighted by Gasteiger charge is -2.37. The van der Waals surface area contributed by atoms with Crippen LogP contribution < -0.4 is 0 Å². The molecule has 0 N–H and O–H groups in total. The number of rotatable bonds is 10. The van der Waals surface area contributed by atoms with Gasteiger partial charge in [0.2, 0.25) is 0 Å². The maximum atomic E-state index is 6.46. The smallest absolute Gasteiger partial charge is 0.113 e. The third-order valence-corrected chi connectivity index (χ3v) is 6.20. The van der Waals surface area contributed by atoms with Gasteiger partial charge in [0.25, 0.3) is 0 Å². The van der Waals surface area contributed by atoms with Crippen molar-refractivity contribution in [3.8, 4) is 0 Å². The summed E-state index contributed by atoms with van der Waals surface area (Å²) in [5.41, 5.74) is 3.48. The monoisotopic (exact) mass is 430 g/mol. The number of hydrogen-bond acceptors (Lipinski definition) is 4. The van der Waals surface area contributed by atoms with Crippen LogP contribution in [0.1, 0.15) is 23.1 Å². The molecular weight excluding hydrogens is 400 g/mol. The molecule has 1 heterocycles. The highest BCUT2D eigenvalue weighted by atomic mass is 16.6. The van der Waals surface area contributed by atoms with Crippen molar-refractivity contribution in [3.05, 3.63) is 108 Å². The van der Waals surface area contributed by atoms with Crippen molar-refractivity contribution in [3.63, 3.8) is 0 Å². The summed E-state index contributed by atoms with van der Waals surface area (Å²) in [7, 11) is 0. The van der Waals surface area contributed by atoms with E-state index in [1.54, 1.807) is 0 Å². The van der Waals surface area contributed by atoms with Crippen molar-refractivity contribution >= 4 is 0 Å². The van der Waals surface area contributed by atoms with Gasteiger partial charge in [-0.3, -0.25) is 0 Å². The SMILES string of the molecule is c1ccc(COC[C@H]2O[C@@H]3C[C@@H]3[C@@H](OCc3ccccc3)[C@@H]2OCc2ccccc2)cc1. The lowest BCUT2D eigenvalue weighted by atomic mass is 10.0. The van der Waals surface area contributed by atoms with Crippen LogP contribution in [0.25, 0.3) is 0 Å². The van der Waals surface area contributed by atoms with E-state index in [-0.39, 0.29) is 24.4 Å². The molecule has 5 atom stereocenters. The Balaban J connectivity index is 1.26. The van der Waals surface area contributed by atoms with Gasteiger partial charge in [-0.2, -0.15) is 0 Å². The second kappa shape index (κ2) is 10.4. The Kier molecular flexibility index (Phi) is 6.95. The minimum atomic E-state index is -0.168. The van der Waals surface area contributed by atoms with Crippen LogP contribution in [0.15, 0.2) is 91.0 Å². The summed E-state index contributed by atoms with van der Waals surface area (Å²) in [5.74, 6) is 0.393. The lowest BCUT2D eigenvalue weighted by molar-refractivity contribution is -0.201. The van der Waals surface area contributed by atoms with Crippen LogP contribution in [0.3, 0.4) is 0 Å². The van der Waals surface area contributed by atoms with E-state index in [1.165, 1.54) is 5.56 Å². The zero-order valence-corrected chi connectivity index (χ0v) is 18.2.